The molecule has 2 aromatic rings. The van der Waals surface area contributed by atoms with Crippen LogP contribution in [0.5, 0.6) is 0 Å². The number of aromatic nitrogens is 1. The standard InChI is InChI=1S/C13H12I2N/c1-15-13-10(8-14)7-11-6-9-4-2-3-5-12(9)16(11)13/h2-5,7H,6,8H2,1H3/q-1. The number of fused-ring (bicyclic) bond motifs is 3. The van der Waals surface area contributed by atoms with Gasteiger partial charge in [0.1, 0.15) is 0 Å². The number of rotatable bonds is 2. The Morgan fingerprint density at radius 3 is 2.94 bits per heavy atom. The van der Waals surface area contributed by atoms with Gasteiger partial charge < -0.3 is 0 Å². The maximum absolute atomic E-state index is 2.51. The number of halogens is 2. The summed E-state index contributed by atoms with van der Waals surface area (Å²) in [7, 11) is 0. The van der Waals surface area contributed by atoms with Crippen LogP contribution in [0.4, 0.5) is 0 Å². The molecule has 1 aromatic heterocycles. The van der Waals surface area contributed by atoms with E-state index in [0.717, 1.165) is 10.8 Å². The van der Waals surface area contributed by atoms with Crippen LogP contribution in [0.15, 0.2) is 30.3 Å². The molecule has 84 valence electrons. The molecule has 1 aliphatic heterocycles. The second-order valence-corrected chi connectivity index (χ2v) is 6.78. The number of nitrogens with zero attached hydrogens (tertiary/aromatic N) is 1. The summed E-state index contributed by atoms with van der Waals surface area (Å²) >= 11 is 2.62. The van der Waals surface area contributed by atoms with E-state index in [1.807, 2.05) is 0 Å². The average Bonchev–Trinajstić information content (AvgIpc) is 2.83. The molecule has 3 heteroatoms. The Kier molecular flexibility index (Phi) is 2.99. The van der Waals surface area contributed by atoms with Crippen molar-refractivity contribution in [3.63, 3.8) is 0 Å². The van der Waals surface area contributed by atoms with Crippen molar-refractivity contribution in [2.75, 3.05) is 4.93 Å². The van der Waals surface area contributed by atoms with Crippen molar-refractivity contribution in [3.05, 3.63) is 50.9 Å². The molecule has 0 radical (unpaired) electrons. The minimum atomic E-state index is 0.146. The Bertz CT molecular complexity index is 543. The van der Waals surface area contributed by atoms with Crippen molar-refractivity contribution >= 4 is 22.6 Å². The molecule has 0 bridgehead atoms. The number of benzene rings is 1. The molecule has 3 rings (SSSR count). The van der Waals surface area contributed by atoms with Crippen LogP contribution in [0.2, 0.25) is 0 Å². The van der Waals surface area contributed by atoms with E-state index in [1.165, 1.54) is 16.9 Å². The molecule has 1 aromatic carbocycles. The molecule has 0 fully saturated rings. The minimum absolute atomic E-state index is 0.146. The molecule has 0 amide bonds. The Morgan fingerprint density at radius 2 is 2.19 bits per heavy atom. The average molecular weight is 436 g/mol. The number of hydrogen-bond acceptors (Lipinski definition) is 0. The molecule has 0 spiro atoms. The summed E-state index contributed by atoms with van der Waals surface area (Å²) in [6.45, 7) is 0. The molecule has 0 N–H and O–H groups in total. The van der Waals surface area contributed by atoms with Gasteiger partial charge in [-0.05, 0) is 0 Å². The van der Waals surface area contributed by atoms with E-state index < -0.39 is 0 Å². The van der Waals surface area contributed by atoms with Crippen LogP contribution in [0, 0.1) is 3.70 Å². The Morgan fingerprint density at radius 1 is 1.38 bits per heavy atom. The predicted octanol–water partition coefficient (Wildman–Crippen LogP) is 0.205. The first-order chi connectivity index (χ1) is 7.85. The van der Waals surface area contributed by atoms with Crippen molar-refractivity contribution < 1.29 is 21.2 Å². The molecule has 2 heterocycles. The molecule has 1 aliphatic rings. The quantitative estimate of drug-likeness (QED) is 0.400. The van der Waals surface area contributed by atoms with Crippen LogP contribution in [-0.4, -0.2) is 9.50 Å². The number of para-hydroxylation sites is 1. The van der Waals surface area contributed by atoms with Crippen molar-refractivity contribution in [1.82, 2.24) is 4.57 Å². The van der Waals surface area contributed by atoms with E-state index in [9.17, 15) is 0 Å². The van der Waals surface area contributed by atoms with Gasteiger partial charge in [-0.3, -0.25) is 0 Å². The molecule has 16 heavy (non-hydrogen) atoms. The Hall–Kier alpha value is -0.0400. The Labute approximate surface area is 120 Å². The third-order valence-corrected chi connectivity index (χ3v) is 6.04. The van der Waals surface area contributed by atoms with Gasteiger partial charge in [0.25, 0.3) is 0 Å². The summed E-state index contributed by atoms with van der Waals surface area (Å²) in [6, 6.07) is 11.2. The zero-order valence-corrected chi connectivity index (χ0v) is 13.3. The van der Waals surface area contributed by atoms with Crippen LogP contribution in [0.25, 0.3) is 5.69 Å². The first-order valence-electron chi connectivity index (χ1n) is 5.22. The predicted molar refractivity (Wildman–Crippen MR) is 70.9 cm³/mol. The second-order valence-electron chi connectivity index (χ2n) is 3.92. The molecule has 0 aliphatic carbocycles. The van der Waals surface area contributed by atoms with E-state index in [-0.39, 0.29) is 21.2 Å². The zero-order chi connectivity index (χ0) is 11.1. The van der Waals surface area contributed by atoms with Crippen molar-refractivity contribution in [3.8, 4) is 5.69 Å². The molecule has 0 saturated heterocycles. The second kappa shape index (κ2) is 4.33. The third kappa shape index (κ3) is 1.54. The van der Waals surface area contributed by atoms with Gasteiger partial charge in [-0.25, -0.2) is 0 Å². The SMILES string of the molecule is C[I-]c1c(CI)cc2n1-c1ccccc1C2. The fourth-order valence-electron chi connectivity index (χ4n) is 2.36. The number of alkyl halides is 2. The van der Waals surface area contributed by atoms with Gasteiger partial charge in [-0.2, -0.15) is 0 Å². The molecule has 0 atom stereocenters. The van der Waals surface area contributed by atoms with Crippen LogP contribution in [0.3, 0.4) is 0 Å². The zero-order valence-electron chi connectivity index (χ0n) is 9.00. The van der Waals surface area contributed by atoms with Gasteiger partial charge in [-0.1, -0.05) is 0 Å². The molecule has 0 unspecified atom stereocenters. The summed E-state index contributed by atoms with van der Waals surface area (Å²) in [5, 5.41) is 0. The van der Waals surface area contributed by atoms with Crippen LogP contribution in [-0.2, 0) is 10.8 Å². The summed E-state index contributed by atoms with van der Waals surface area (Å²) in [6.07, 6.45) is 1.11. The van der Waals surface area contributed by atoms with Gasteiger partial charge in [0.05, 0.1) is 0 Å². The maximum atomic E-state index is 2.51. The van der Waals surface area contributed by atoms with Gasteiger partial charge in [0.2, 0.25) is 0 Å². The van der Waals surface area contributed by atoms with E-state index >= 15 is 0 Å². The van der Waals surface area contributed by atoms with Crippen LogP contribution in [0.1, 0.15) is 16.8 Å². The summed E-state index contributed by atoms with van der Waals surface area (Å²) in [4.78, 5) is 2.36. The third-order valence-electron chi connectivity index (χ3n) is 3.02. The van der Waals surface area contributed by atoms with Gasteiger partial charge in [-0.15, -0.1) is 0 Å². The van der Waals surface area contributed by atoms with Gasteiger partial charge in [0.15, 0.2) is 0 Å². The van der Waals surface area contributed by atoms with E-state index in [2.05, 4.69) is 62.4 Å². The number of hydrogen-bond donors (Lipinski definition) is 0. The summed E-state index contributed by atoms with van der Waals surface area (Å²) in [5.74, 6) is 0. The normalized spacial score (nSPS) is 12.9. The van der Waals surface area contributed by atoms with E-state index in [4.69, 9.17) is 0 Å². The van der Waals surface area contributed by atoms with Crippen LogP contribution >= 0.6 is 22.6 Å². The van der Waals surface area contributed by atoms with Gasteiger partial charge >= 0.3 is 121 Å². The van der Waals surface area contributed by atoms with Crippen molar-refractivity contribution in [1.29, 1.82) is 0 Å². The molecular formula is C13H12I2N-. The topological polar surface area (TPSA) is 4.93 Å². The summed E-state index contributed by atoms with van der Waals surface area (Å²) in [5.41, 5.74) is 5.95. The Balaban J connectivity index is 2.25. The van der Waals surface area contributed by atoms with Crippen molar-refractivity contribution in [2.24, 2.45) is 0 Å². The van der Waals surface area contributed by atoms with Crippen LogP contribution < -0.4 is 21.2 Å². The van der Waals surface area contributed by atoms with Crippen molar-refractivity contribution in [2.45, 2.75) is 10.8 Å². The van der Waals surface area contributed by atoms with E-state index in [1.54, 1.807) is 9.26 Å². The molecule has 0 saturated carbocycles. The summed E-state index contributed by atoms with van der Waals surface area (Å²) < 4.78 is 5.26. The monoisotopic (exact) mass is 436 g/mol. The van der Waals surface area contributed by atoms with Gasteiger partial charge in [0, 0.05) is 0 Å². The first-order valence-corrected chi connectivity index (χ1v) is 9.98. The molecule has 1 nitrogen and oxygen atoms in total. The first kappa shape index (κ1) is 11.1. The molecular weight excluding hydrogens is 424 g/mol. The fourth-order valence-corrected chi connectivity index (χ4v) is 5.76. The van der Waals surface area contributed by atoms with E-state index in [0.29, 0.717) is 0 Å². The fraction of sp³-hybridized carbons (Fsp3) is 0.231.